The van der Waals surface area contributed by atoms with Crippen molar-refractivity contribution in [2.24, 2.45) is 5.92 Å². The number of carbonyl (C=O) groups is 1. The number of carbonyl (C=O) groups excluding carboxylic acids is 1. The molecule has 1 fully saturated rings. The lowest BCUT2D eigenvalue weighted by Crippen LogP contribution is -2.37. The van der Waals surface area contributed by atoms with Crippen LogP contribution >= 0.6 is 11.3 Å². The van der Waals surface area contributed by atoms with Gasteiger partial charge in [0.2, 0.25) is 0 Å². The zero-order valence-electron chi connectivity index (χ0n) is 12.9. The van der Waals surface area contributed by atoms with Crippen LogP contribution in [0, 0.1) is 5.92 Å². The van der Waals surface area contributed by atoms with E-state index in [1.54, 1.807) is 24.4 Å². The quantitative estimate of drug-likeness (QED) is 0.690. The minimum atomic E-state index is -0.117. The fourth-order valence-electron chi connectivity index (χ4n) is 3.02. The van der Waals surface area contributed by atoms with E-state index in [4.69, 9.17) is 0 Å². The van der Waals surface area contributed by atoms with Gasteiger partial charge in [0.15, 0.2) is 0 Å². The Bertz CT molecular complexity index is 951. The molecule has 0 saturated carbocycles. The Morgan fingerprint density at radius 2 is 2.09 bits per heavy atom. The van der Waals surface area contributed by atoms with Crippen molar-refractivity contribution in [2.45, 2.75) is 19.8 Å². The number of pyridine rings is 1. The Morgan fingerprint density at radius 3 is 2.87 bits per heavy atom. The number of thiophene rings is 1. The highest BCUT2D eigenvalue weighted by Crippen LogP contribution is 2.25. The molecule has 0 aromatic carbocycles. The summed E-state index contributed by atoms with van der Waals surface area (Å²) in [6.45, 7) is 3.81. The first-order chi connectivity index (χ1) is 11.1. The maximum Gasteiger partial charge on any atom is 0.266 e. The van der Waals surface area contributed by atoms with Crippen molar-refractivity contribution in [1.82, 2.24) is 14.3 Å². The minimum Gasteiger partial charge on any atom is -0.338 e. The van der Waals surface area contributed by atoms with Crippen molar-refractivity contribution in [3.8, 4) is 0 Å². The molecule has 1 saturated heterocycles. The first-order valence-electron chi connectivity index (χ1n) is 7.84. The molecule has 0 aliphatic carbocycles. The average Bonchev–Trinajstić information content (AvgIpc) is 2.99. The molecule has 23 heavy (non-hydrogen) atoms. The van der Waals surface area contributed by atoms with Crippen LogP contribution in [-0.2, 0) is 0 Å². The number of piperidine rings is 1. The van der Waals surface area contributed by atoms with Gasteiger partial charge in [-0.1, -0.05) is 13.0 Å². The van der Waals surface area contributed by atoms with Gasteiger partial charge in [-0.3, -0.25) is 14.0 Å². The molecule has 0 atom stereocenters. The zero-order chi connectivity index (χ0) is 16.0. The molecule has 3 aromatic rings. The van der Waals surface area contributed by atoms with Crippen LogP contribution in [0.3, 0.4) is 0 Å². The van der Waals surface area contributed by atoms with Gasteiger partial charge >= 0.3 is 0 Å². The van der Waals surface area contributed by atoms with E-state index in [1.165, 1.54) is 15.7 Å². The molecule has 5 nitrogen and oxygen atoms in total. The molecular weight excluding hydrogens is 310 g/mol. The fraction of sp³-hybridized carbons (Fsp3) is 0.353. The number of fused-ring (bicyclic) bond motifs is 2. The van der Waals surface area contributed by atoms with E-state index < -0.39 is 0 Å². The summed E-state index contributed by atoms with van der Waals surface area (Å²) in [6, 6.07) is 7.15. The molecule has 4 heterocycles. The largest absolute Gasteiger partial charge is 0.338 e. The van der Waals surface area contributed by atoms with E-state index in [1.807, 2.05) is 11.0 Å². The smallest absolute Gasteiger partial charge is 0.266 e. The second-order valence-corrected chi connectivity index (χ2v) is 7.18. The van der Waals surface area contributed by atoms with Crippen molar-refractivity contribution >= 4 is 33.1 Å². The Labute approximate surface area is 137 Å². The van der Waals surface area contributed by atoms with Gasteiger partial charge in [-0.25, -0.2) is 4.98 Å². The number of hydrogen-bond acceptors (Lipinski definition) is 4. The molecule has 0 N–H and O–H groups in total. The van der Waals surface area contributed by atoms with E-state index in [9.17, 15) is 9.59 Å². The Kier molecular flexibility index (Phi) is 3.41. The summed E-state index contributed by atoms with van der Waals surface area (Å²) in [5, 5.41) is 0.521. The number of likely N-dealkylation sites (tertiary alicyclic amines) is 1. The van der Waals surface area contributed by atoms with Crippen LogP contribution in [-0.4, -0.2) is 33.3 Å². The molecule has 1 aliphatic rings. The summed E-state index contributed by atoms with van der Waals surface area (Å²) in [5.41, 5.74) is 0.491. The van der Waals surface area contributed by atoms with Crippen LogP contribution in [0.4, 0.5) is 0 Å². The number of nitrogens with zero attached hydrogens (tertiary/aromatic N) is 3. The number of amides is 1. The Hall–Kier alpha value is -2.21. The molecule has 118 valence electrons. The lowest BCUT2D eigenvalue weighted by atomic mass is 9.99. The summed E-state index contributed by atoms with van der Waals surface area (Å²) in [6.07, 6.45) is 3.79. The molecule has 0 radical (unpaired) electrons. The van der Waals surface area contributed by atoms with Crippen molar-refractivity contribution in [2.75, 3.05) is 13.1 Å². The van der Waals surface area contributed by atoms with Gasteiger partial charge in [0.1, 0.15) is 10.5 Å². The maximum atomic E-state index is 12.7. The molecule has 6 heteroatoms. The van der Waals surface area contributed by atoms with Gasteiger partial charge in [0.05, 0.1) is 10.3 Å². The molecule has 1 amide bonds. The first-order valence-corrected chi connectivity index (χ1v) is 8.65. The zero-order valence-corrected chi connectivity index (χ0v) is 13.7. The van der Waals surface area contributed by atoms with Gasteiger partial charge in [-0.15, -0.1) is 11.3 Å². The summed E-state index contributed by atoms with van der Waals surface area (Å²) >= 11 is 1.31. The van der Waals surface area contributed by atoms with E-state index in [-0.39, 0.29) is 11.5 Å². The van der Waals surface area contributed by atoms with Crippen LogP contribution in [0.5, 0.6) is 0 Å². The van der Waals surface area contributed by atoms with Gasteiger partial charge < -0.3 is 4.90 Å². The normalized spacial score (nSPS) is 16.3. The molecule has 1 aliphatic heterocycles. The average molecular weight is 327 g/mol. The Morgan fingerprint density at radius 1 is 1.30 bits per heavy atom. The lowest BCUT2D eigenvalue weighted by molar-refractivity contribution is 0.0702. The molecule has 0 unspecified atom stereocenters. The monoisotopic (exact) mass is 327 g/mol. The Balaban J connectivity index is 1.77. The number of hydrogen-bond donors (Lipinski definition) is 0. The summed E-state index contributed by atoms with van der Waals surface area (Å²) in [5.74, 6) is 0.700. The van der Waals surface area contributed by atoms with Crippen LogP contribution in [0.1, 0.15) is 29.4 Å². The van der Waals surface area contributed by atoms with E-state index in [0.29, 0.717) is 26.7 Å². The highest BCUT2D eigenvalue weighted by Gasteiger charge is 2.23. The molecule has 4 rings (SSSR count). The molecule has 0 spiro atoms. The molecule has 0 bridgehead atoms. The van der Waals surface area contributed by atoms with Gasteiger partial charge in [-0.2, -0.15) is 0 Å². The predicted molar refractivity (Wildman–Crippen MR) is 91.1 cm³/mol. The van der Waals surface area contributed by atoms with Gasteiger partial charge in [0, 0.05) is 19.3 Å². The summed E-state index contributed by atoms with van der Waals surface area (Å²) in [7, 11) is 0. The second-order valence-electron chi connectivity index (χ2n) is 6.15. The standard InChI is InChI=1S/C17H17N3O2S/c1-11-5-8-19(9-6-11)17(22)13-10-12-15(23-13)18-14-4-2-3-7-20(14)16(12)21/h2-4,7,10-11H,5-6,8-9H2,1H3. The number of aromatic nitrogens is 2. The first kappa shape index (κ1) is 14.4. The van der Waals surface area contributed by atoms with Crippen LogP contribution in [0.15, 0.2) is 35.3 Å². The lowest BCUT2D eigenvalue weighted by Gasteiger charge is -2.29. The third-order valence-electron chi connectivity index (χ3n) is 4.50. The summed E-state index contributed by atoms with van der Waals surface area (Å²) in [4.78, 5) is 32.9. The highest BCUT2D eigenvalue weighted by molar-refractivity contribution is 7.20. The highest BCUT2D eigenvalue weighted by atomic mass is 32.1. The van der Waals surface area contributed by atoms with Crippen LogP contribution < -0.4 is 5.56 Å². The third kappa shape index (κ3) is 2.43. The SMILES string of the molecule is CC1CCN(C(=O)c2cc3c(=O)n4ccccc4nc3s2)CC1. The van der Waals surface area contributed by atoms with E-state index in [0.717, 1.165) is 25.9 Å². The van der Waals surface area contributed by atoms with Crippen molar-refractivity contribution in [1.29, 1.82) is 0 Å². The fourth-order valence-corrected chi connectivity index (χ4v) is 4.02. The van der Waals surface area contributed by atoms with E-state index >= 15 is 0 Å². The van der Waals surface area contributed by atoms with Crippen molar-refractivity contribution in [3.63, 3.8) is 0 Å². The number of rotatable bonds is 1. The second kappa shape index (κ2) is 5.45. The third-order valence-corrected chi connectivity index (χ3v) is 5.51. The molecule has 3 aromatic heterocycles. The van der Waals surface area contributed by atoms with Crippen molar-refractivity contribution < 1.29 is 4.79 Å². The van der Waals surface area contributed by atoms with Gasteiger partial charge in [0.25, 0.3) is 11.5 Å². The van der Waals surface area contributed by atoms with Crippen LogP contribution in [0.2, 0.25) is 0 Å². The minimum absolute atomic E-state index is 0.0216. The summed E-state index contributed by atoms with van der Waals surface area (Å²) < 4.78 is 1.52. The van der Waals surface area contributed by atoms with Gasteiger partial charge in [-0.05, 0) is 37.0 Å². The predicted octanol–water partition coefficient (Wildman–Crippen LogP) is 2.78. The van der Waals surface area contributed by atoms with E-state index in [2.05, 4.69) is 11.9 Å². The van der Waals surface area contributed by atoms with Crippen molar-refractivity contribution in [3.05, 3.63) is 45.7 Å². The molecular formula is C17H17N3O2S. The topological polar surface area (TPSA) is 54.7 Å². The van der Waals surface area contributed by atoms with Crippen LogP contribution in [0.25, 0.3) is 15.9 Å². The maximum absolute atomic E-state index is 12.7.